The van der Waals surface area contributed by atoms with Crippen LogP contribution in [0.1, 0.15) is 0 Å². The maximum atomic E-state index is 11.8. The molecule has 2 aromatic carbocycles. The molecule has 0 aliphatic heterocycles. The van der Waals surface area contributed by atoms with Gasteiger partial charge in [0, 0.05) is 21.9 Å². The Kier molecular flexibility index (Phi) is 5.01. The van der Waals surface area contributed by atoms with Crippen LogP contribution in [0.4, 0.5) is 11.4 Å². The predicted octanol–water partition coefficient (Wildman–Crippen LogP) is 3.51. The zero-order valence-corrected chi connectivity index (χ0v) is 12.6. The average Bonchev–Trinajstić information content (AvgIpc) is 2.45. The lowest BCUT2D eigenvalue weighted by Crippen LogP contribution is -2.21. The van der Waals surface area contributed by atoms with E-state index in [0.717, 1.165) is 21.6 Å². The SMILES string of the molecule is COc1cc(Br)cc(NCC(=O)Nc2ccccc2)c1. The molecule has 2 N–H and O–H groups in total. The molecule has 0 spiro atoms. The van der Waals surface area contributed by atoms with Gasteiger partial charge in [-0.3, -0.25) is 4.79 Å². The van der Waals surface area contributed by atoms with E-state index < -0.39 is 0 Å². The number of carbonyl (C=O) groups excluding carboxylic acids is 1. The first kappa shape index (κ1) is 14.4. The Morgan fingerprint density at radius 3 is 2.60 bits per heavy atom. The number of hydrogen-bond acceptors (Lipinski definition) is 3. The number of methoxy groups -OCH3 is 1. The summed E-state index contributed by atoms with van der Waals surface area (Å²) < 4.78 is 6.06. The molecule has 0 saturated heterocycles. The van der Waals surface area contributed by atoms with Gasteiger partial charge in [0.05, 0.1) is 13.7 Å². The van der Waals surface area contributed by atoms with Crippen molar-refractivity contribution in [3.05, 3.63) is 53.0 Å². The van der Waals surface area contributed by atoms with Crippen molar-refractivity contribution in [1.29, 1.82) is 0 Å². The standard InChI is InChI=1S/C15H15BrN2O2/c1-20-14-8-11(16)7-13(9-14)17-10-15(19)18-12-5-3-2-4-6-12/h2-9,17H,10H2,1H3,(H,18,19). The van der Waals surface area contributed by atoms with E-state index in [4.69, 9.17) is 4.74 Å². The zero-order valence-electron chi connectivity index (χ0n) is 11.0. The second-order valence-electron chi connectivity index (χ2n) is 4.15. The highest BCUT2D eigenvalue weighted by molar-refractivity contribution is 9.10. The number of carbonyl (C=O) groups is 1. The fourth-order valence-corrected chi connectivity index (χ4v) is 2.16. The van der Waals surface area contributed by atoms with E-state index in [1.807, 2.05) is 48.5 Å². The lowest BCUT2D eigenvalue weighted by molar-refractivity contribution is -0.114. The van der Waals surface area contributed by atoms with Crippen molar-refractivity contribution in [3.8, 4) is 5.75 Å². The van der Waals surface area contributed by atoms with E-state index >= 15 is 0 Å². The van der Waals surface area contributed by atoms with E-state index in [1.54, 1.807) is 7.11 Å². The van der Waals surface area contributed by atoms with Gasteiger partial charge in [0.25, 0.3) is 0 Å². The predicted molar refractivity (Wildman–Crippen MR) is 84.3 cm³/mol. The quantitative estimate of drug-likeness (QED) is 0.879. The number of ether oxygens (including phenoxy) is 1. The van der Waals surface area contributed by atoms with Gasteiger partial charge in [-0.1, -0.05) is 34.1 Å². The number of hydrogen-bond donors (Lipinski definition) is 2. The third-order valence-corrected chi connectivity index (χ3v) is 3.08. The smallest absolute Gasteiger partial charge is 0.243 e. The van der Waals surface area contributed by atoms with Crippen molar-refractivity contribution < 1.29 is 9.53 Å². The maximum absolute atomic E-state index is 11.8. The summed E-state index contributed by atoms with van der Waals surface area (Å²) in [6.45, 7) is 0.189. The van der Waals surface area contributed by atoms with Crippen molar-refractivity contribution >= 4 is 33.2 Å². The second-order valence-corrected chi connectivity index (χ2v) is 5.06. The summed E-state index contributed by atoms with van der Waals surface area (Å²) in [7, 11) is 1.60. The monoisotopic (exact) mass is 334 g/mol. The second kappa shape index (κ2) is 6.96. The van der Waals surface area contributed by atoms with Gasteiger partial charge < -0.3 is 15.4 Å². The number of anilines is 2. The summed E-state index contributed by atoms with van der Waals surface area (Å²) in [4.78, 5) is 11.8. The Labute approximate surface area is 126 Å². The van der Waals surface area contributed by atoms with Crippen LogP contribution in [0.3, 0.4) is 0 Å². The van der Waals surface area contributed by atoms with Gasteiger partial charge in [0.2, 0.25) is 5.91 Å². The Bertz CT molecular complexity index is 588. The molecule has 2 aromatic rings. The van der Waals surface area contributed by atoms with Gasteiger partial charge in [-0.15, -0.1) is 0 Å². The number of benzene rings is 2. The summed E-state index contributed by atoms with van der Waals surface area (Å²) in [5, 5.41) is 5.87. The van der Waals surface area contributed by atoms with Gasteiger partial charge in [-0.2, -0.15) is 0 Å². The Morgan fingerprint density at radius 2 is 1.90 bits per heavy atom. The fraction of sp³-hybridized carbons (Fsp3) is 0.133. The largest absolute Gasteiger partial charge is 0.497 e. The average molecular weight is 335 g/mol. The highest BCUT2D eigenvalue weighted by atomic mass is 79.9. The Morgan fingerprint density at radius 1 is 1.15 bits per heavy atom. The highest BCUT2D eigenvalue weighted by Gasteiger charge is 2.04. The Hall–Kier alpha value is -2.01. The number of para-hydroxylation sites is 1. The van der Waals surface area contributed by atoms with E-state index in [1.165, 1.54) is 0 Å². The molecule has 4 nitrogen and oxygen atoms in total. The summed E-state index contributed by atoms with van der Waals surface area (Å²) in [5.41, 5.74) is 1.60. The van der Waals surface area contributed by atoms with E-state index in [9.17, 15) is 4.79 Å². The third kappa shape index (κ3) is 4.28. The normalized spacial score (nSPS) is 9.90. The van der Waals surface area contributed by atoms with Gasteiger partial charge in [-0.25, -0.2) is 0 Å². The molecule has 0 bridgehead atoms. The first-order chi connectivity index (χ1) is 9.67. The topological polar surface area (TPSA) is 50.4 Å². The van der Waals surface area contributed by atoms with Crippen LogP contribution < -0.4 is 15.4 Å². The van der Waals surface area contributed by atoms with Crippen LogP contribution in [0.2, 0.25) is 0 Å². The lowest BCUT2D eigenvalue weighted by atomic mass is 10.3. The Balaban J connectivity index is 1.92. The molecule has 0 heterocycles. The molecule has 104 valence electrons. The molecule has 0 saturated carbocycles. The molecule has 0 unspecified atom stereocenters. The van der Waals surface area contributed by atoms with Crippen molar-refractivity contribution in [1.82, 2.24) is 0 Å². The number of amides is 1. The first-order valence-corrected chi connectivity index (χ1v) is 6.90. The molecule has 0 fully saturated rings. The number of nitrogens with one attached hydrogen (secondary N) is 2. The highest BCUT2D eigenvalue weighted by Crippen LogP contribution is 2.24. The van der Waals surface area contributed by atoms with Crippen molar-refractivity contribution in [2.75, 3.05) is 24.3 Å². The van der Waals surface area contributed by atoms with Gasteiger partial charge >= 0.3 is 0 Å². The number of rotatable bonds is 5. The molecule has 2 rings (SSSR count). The van der Waals surface area contributed by atoms with Crippen molar-refractivity contribution in [2.45, 2.75) is 0 Å². The molecule has 20 heavy (non-hydrogen) atoms. The third-order valence-electron chi connectivity index (χ3n) is 2.62. The van der Waals surface area contributed by atoms with E-state index in [2.05, 4.69) is 26.6 Å². The van der Waals surface area contributed by atoms with Crippen molar-refractivity contribution in [2.24, 2.45) is 0 Å². The van der Waals surface area contributed by atoms with E-state index in [0.29, 0.717) is 0 Å². The van der Waals surface area contributed by atoms with Crippen LogP contribution in [0, 0.1) is 0 Å². The maximum Gasteiger partial charge on any atom is 0.243 e. The molecular weight excluding hydrogens is 320 g/mol. The minimum atomic E-state index is -0.102. The van der Waals surface area contributed by atoms with E-state index in [-0.39, 0.29) is 12.5 Å². The molecular formula is C15H15BrN2O2. The van der Waals surface area contributed by atoms with Crippen LogP contribution >= 0.6 is 15.9 Å². The zero-order chi connectivity index (χ0) is 14.4. The van der Waals surface area contributed by atoms with Crippen LogP contribution in [0.15, 0.2) is 53.0 Å². The molecule has 0 aliphatic carbocycles. The lowest BCUT2D eigenvalue weighted by Gasteiger charge is -2.09. The van der Waals surface area contributed by atoms with Gasteiger partial charge in [0.15, 0.2) is 0 Å². The summed E-state index contributed by atoms with van der Waals surface area (Å²) >= 11 is 3.39. The van der Waals surface area contributed by atoms with Gasteiger partial charge in [-0.05, 0) is 24.3 Å². The summed E-state index contributed by atoms with van der Waals surface area (Å²) in [5.74, 6) is 0.625. The molecule has 0 aromatic heterocycles. The van der Waals surface area contributed by atoms with Crippen LogP contribution in [-0.4, -0.2) is 19.6 Å². The summed E-state index contributed by atoms with van der Waals surface area (Å²) in [6.07, 6.45) is 0. The fourth-order valence-electron chi connectivity index (χ4n) is 1.69. The minimum absolute atomic E-state index is 0.102. The van der Waals surface area contributed by atoms with Gasteiger partial charge in [0.1, 0.15) is 5.75 Å². The summed E-state index contributed by atoms with van der Waals surface area (Å²) in [6, 6.07) is 14.9. The van der Waals surface area contributed by atoms with Crippen LogP contribution in [0.25, 0.3) is 0 Å². The van der Waals surface area contributed by atoms with Crippen LogP contribution in [-0.2, 0) is 4.79 Å². The first-order valence-electron chi connectivity index (χ1n) is 6.11. The molecule has 0 aliphatic rings. The molecule has 0 radical (unpaired) electrons. The number of halogens is 1. The molecule has 1 amide bonds. The molecule has 0 atom stereocenters. The minimum Gasteiger partial charge on any atom is -0.497 e. The van der Waals surface area contributed by atoms with Crippen LogP contribution in [0.5, 0.6) is 5.75 Å². The molecule has 5 heteroatoms. The van der Waals surface area contributed by atoms with Crippen molar-refractivity contribution in [3.63, 3.8) is 0 Å².